The molecule has 0 aromatic heterocycles. The van der Waals surface area contributed by atoms with Crippen LogP contribution in [0.15, 0.2) is 48.5 Å². The molecule has 2 aromatic carbocycles. The molecular weight excluding hydrogens is 314 g/mol. The van der Waals surface area contributed by atoms with Gasteiger partial charge in [0, 0.05) is 28.5 Å². The second-order valence-electron chi connectivity index (χ2n) is 4.85. The van der Waals surface area contributed by atoms with Crippen molar-refractivity contribution in [3.8, 4) is 0 Å². The highest BCUT2D eigenvalue weighted by atomic mass is 35.5. The van der Waals surface area contributed by atoms with Gasteiger partial charge in [-0.3, -0.25) is 9.59 Å². The molecule has 0 aliphatic rings. The van der Waals surface area contributed by atoms with Gasteiger partial charge in [0.05, 0.1) is 6.54 Å². The molecular formula is C17H18ClN3O2. The van der Waals surface area contributed by atoms with Crippen LogP contribution < -0.4 is 16.0 Å². The average Bonchev–Trinajstić information content (AvgIpc) is 2.54. The highest BCUT2D eigenvalue weighted by molar-refractivity contribution is 6.30. The number of amides is 2. The van der Waals surface area contributed by atoms with E-state index in [9.17, 15) is 9.59 Å². The summed E-state index contributed by atoms with van der Waals surface area (Å²) in [7, 11) is 0. The zero-order valence-corrected chi connectivity index (χ0v) is 13.5. The highest BCUT2D eigenvalue weighted by Crippen LogP contribution is 2.14. The van der Waals surface area contributed by atoms with E-state index in [4.69, 9.17) is 11.6 Å². The Morgan fingerprint density at radius 3 is 2.43 bits per heavy atom. The van der Waals surface area contributed by atoms with Gasteiger partial charge in [0.15, 0.2) is 0 Å². The third kappa shape index (κ3) is 5.30. The maximum atomic E-state index is 11.9. The molecule has 0 bridgehead atoms. The number of hydrogen-bond acceptors (Lipinski definition) is 3. The Morgan fingerprint density at radius 2 is 1.78 bits per heavy atom. The Labute approximate surface area is 140 Å². The standard InChI is InChI=1S/C17H18ClN3O2/c1-2-19-17(23)12-6-8-14(9-7-12)21-16(22)11-20-15-5-3-4-13(18)10-15/h3-10,20H,2,11H2,1H3,(H,19,23)(H,21,22). The van der Waals surface area contributed by atoms with Crippen LogP contribution in [-0.2, 0) is 4.79 Å². The minimum atomic E-state index is -0.185. The number of benzene rings is 2. The van der Waals surface area contributed by atoms with Gasteiger partial charge in [-0.25, -0.2) is 0 Å². The summed E-state index contributed by atoms with van der Waals surface area (Å²) in [5.41, 5.74) is 1.97. The summed E-state index contributed by atoms with van der Waals surface area (Å²) in [5, 5.41) is 9.08. The SMILES string of the molecule is CCNC(=O)c1ccc(NC(=O)CNc2cccc(Cl)c2)cc1. The average molecular weight is 332 g/mol. The summed E-state index contributed by atoms with van der Waals surface area (Å²) < 4.78 is 0. The van der Waals surface area contributed by atoms with E-state index in [1.165, 1.54) is 0 Å². The van der Waals surface area contributed by atoms with Crippen LogP contribution >= 0.6 is 11.6 Å². The Kier molecular flexibility index (Phi) is 6.00. The fraction of sp³-hybridized carbons (Fsp3) is 0.176. The first-order chi connectivity index (χ1) is 11.1. The van der Waals surface area contributed by atoms with Gasteiger partial charge in [-0.2, -0.15) is 0 Å². The first-order valence-corrected chi connectivity index (χ1v) is 7.64. The lowest BCUT2D eigenvalue weighted by Gasteiger charge is -2.09. The maximum absolute atomic E-state index is 11.9. The smallest absolute Gasteiger partial charge is 0.251 e. The molecule has 23 heavy (non-hydrogen) atoms. The van der Waals surface area contributed by atoms with Gasteiger partial charge >= 0.3 is 0 Å². The Bertz CT molecular complexity index is 686. The molecule has 2 rings (SSSR count). The van der Waals surface area contributed by atoms with Crippen LogP contribution in [0.2, 0.25) is 5.02 Å². The summed E-state index contributed by atoms with van der Waals surface area (Å²) in [4.78, 5) is 23.6. The van der Waals surface area contributed by atoms with Gasteiger partial charge in [-0.05, 0) is 49.4 Å². The van der Waals surface area contributed by atoms with Gasteiger partial charge in [0.1, 0.15) is 0 Å². The van der Waals surface area contributed by atoms with Crippen LogP contribution in [0, 0.1) is 0 Å². The van der Waals surface area contributed by atoms with Gasteiger partial charge in [-0.1, -0.05) is 17.7 Å². The van der Waals surface area contributed by atoms with E-state index in [0.717, 1.165) is 5.69 Å². The lowest BCUT2D eigenvalue weighted by molar-refractivity contribution is -0.114. The summed E-state index contributed by atoms with van der Waals surface area (Å²) in [6.07, 6.45) is 0. The molecule has 0 radical (unpaired) electrons. The van der Waals surface area contributed by atoms with E-state index >= 15 is 0 Å². The molecule has 0 unspecified atom stereocenters. The number of halogens is 1. The van der Waals surface area contributed by atoms with Crippen LogP contribution in [-0.4, -0.2) is 24.9 Å². The van der Waals surface area contributed by atoms with E-state index in [1.807, 2.05) is 19.1 Å². The van der Waals surface area contributed by atoms with Crippen LogP contribution in [0.1, 0.15) is 17.3 Å². The largest absolute Gasteiger partial charge is 0.376 e. The zero-order chi connectivity index (χ0) is 16.7. The van der Waals surface area contributed by atoms with Gasteiger partial charge < -0.3 is 16.0 Å². The Hall–Kier alpha value is -2.53. The van der Waals surface area contributed by atoms with Crippen molar-refractivity contribution in [3.63, 3.8) is 0 Å². The summed E-state index contributed by atoms with van der Waals surface area (Å²) in [5.74, 6) is -0.316. The third-order valence-electron chi connectivity index (χ3n) is 3.05. The molecule has 0 saturated heterocycles. The molecule has 0 aliphatic carbocycles. The van der Waals surface area contributed by atoms with Crippen molar-refractivity contribution in [2.45, 2.75) is 6.92 Å². The van der Waals surface area contributed by atoms with E-state index < -0.39 is 0 Å². The number of hydrogen-bond donors (Lipinski definition) is 3. The molecule has 6 heteroatoms. The molecule has 0 heterocycles. The fourth-order valence-corrected chi connectivity index (χ4v) is 2.14. The molecule has 0 saturated carbocycles. The number of rotatable bonds is 6. The van der Waals surface area contributed by atoms with Crippen molar-refractivity contribution < 1.29 is 9.59 Å². The van der Waals surface area contributed by atoms with E-state index in [0.29, 0.717) is 22.8 Å². The molecule has 3 N–H and O–H groups in total. The monoisotopic (exact) mass is 331 g/mol. The number of carbonyl (C=O) groups is 2. The molecule has 120 valence electrons. The quantitative estimate of drug-likeness (QED) is 0.761. The molecule has 0 aliphatic heterocycles. The molecule has 5 nitrogen and oxygen atoms in total. The normalized spacial score (nSPS) is 10.0. The topological polar surface area (TPSA) is 70.2 Å². The predicted molar refractivity (Wildman–Crippen MR) is 93.0 cm³/mol. The van der Waals surface area contributed by atoms with Crippen molar-refractivity contribution in [2.75, 3.05) is 23.7 Å². The van der Waals surface area contributed by atoms with Gasteiger partial charge in [-0.15, -0.1) is 0 Å². The fourth-order valence-electron chi connectivity index (χ4n) is 1.95. The molecule has 2 aromatic rings. The lowest BCUT2D eigenvalue weighted by atomic mass is 10.2. The third-order valence-corrected chi connectivity index (χ3v) is 3.28. The van der Waals surface area contributed by atoms with Crippen molar-refractivity contribution in [3.05, 3.63) is 59.1 Å². The minimum Gasteiger partial charge on any atom is -0.376 e. The van der Waals surface area contributed by atoms with Crippen LogP contribution in [0.3, 0.4) is 0 Å². The Morgan fingerprint density at radius 1 is 1.04 bits per heavy atom. The van der Waals surface area contributed by atoms with Crippen LogP contribution in [0.25, 0.3) is 0 Å². The summed E-state index contributed by atoms with van der Waals surface area (Å²) in [6, 6.07) is 13.9. The van der Waals surface area contributed by atoms with Gasteiger partial charge in [0.25, 0.3) is 5.91 Å². The first-order valence-electron chi connectivity index (χ1n) is 7.26. The second-order valence-corrected chi connectivity index (χ2v) is 5.29. The molecule has 0 fully saturated rings. The van der Waals surface area contributed by atoms with Gasteiger partial charge in [0.2, 0.25) is 5.91 Å². The first kappa shape index (κ1) is 16.8. The van der Waals surface area contributed by atoms with Crippen molar-refractivity contribution in [1.29, 1.82) is 0 Å². The van der Waals surface area contributed by atoms with Crippen LogP contribution in [0.5, 0.6) is 0 Å². The van der Waals surface area contributed by atoms with Crippen LogP contribution in [0.4, 0.5) is 11.4 Å². The molecule has 0 atom stereocenters. The molecule has 0 spiro atoms. The second kappa shape index (κ2) is 8.19. The Balaban J connectivity index is 1.86. The maximum Gasteiger partial charge on any atom is 0.251 e. The number of anilines is 2. The molecule has 2 amide bonds. The lowest BCUT2D eigenvalue weighted by Crippen LogP contribution is -2.23. The van der Waals surface area contributed by atoms with Crippen molar-refractivity contribution in [2.24, 2.45) is 0 Å². The minimum absolute atomic E-state index is 0.123. The van der Waals surface area contributed by atoms with Crippen molar-refractivity contribution >= 4 is 34.8 Å². The van der Waals surface area contributed by atoms with Crippen molar-refractivity contribution in [1.82, 2.24) is 5.32 Å². The summed E-state index contributed by atoms with van der Waals surface area (Å²) >= 11 is 5.88. The number of carbonyl (C=O) groups excluding carboxylic acids is 2. The summed E-state index contributed by atoms with van der Waals surface area (Å²) in [6.45, 7) is 2.56. The number of nitrogens with one attached hydrogen (secondary N) is 3. The zero-order valence-electron chi connectivity index (χ0n) is 12.7. The van der Waals surface area contributed by atoms with E-state index in [1.54, 1.807) is 36.4 Å². The van der Waals surface area contributed by atoms with E-state index in [-0.39, 0.29) is 18.4 Å². The van der Waals surface area contributed by atoms with E-state index in [2.05, 4.69) is 16.0 Å². The predicted octanol–water partition coefficient (Wildman–Crippen LogP) is 3.14. The highest BCUT2D eigenvalue weighted by Gasteiger charge is 2.06.